The molecule has 1 heterocycles. The fourth-order valence-electron chi connectivity index (χ4n) is 3.20. The van der Waals surface area contributed by atoms with Crippen molar-refractivity contribution in [3.05, 3.63) is 16.4 Å². The molecule has 1 aromatic heterocycles. The molecule has 1 saturated carbocycles. The third-order valence-corrected chi connectivity index (χ3v) is 4.65. The molecule has 1 aromatic rings. The summed E-state index contributed by atoms with van der Waals surface area (Å²) in [6.45, 7) is 5.71. The topological polar surface area (TPSA) is 41.3 Å². The Morgan fingerprint density at radius 1 is 1.40 bits per heavy atom. The first-order valence-corrected chi connectivity index (χ1v) is 7.82. The van der Waals surface area contributed by atoms with Gasteiger partial charge in [0.15, 0.2) is 0 Å². The van der Waals surface area contributed by atoms with E-state index < -0.39 is 5.60 Å². The Bertz CT molecular complexity index is 464. The number of aryl methyl sites for hydroxylation is 1. The quantitative estimate of drug-likeness (QED) is 0.909. The van der Waals surface area contributed by atoms with Gasteiger partial charge in [0.1, 0.15) is 5.15 Å². The Labute approximate surface area is 126 Å². The molecule has 1 N–H and O–H groups in total. The molecule has 0 amide bonds. The Hall–Kier alpha value is -0.580. The zero-order valence-electron chi connectivity index (χ0n) is 13.0. The average Bonchev–Trinajstić information content (AvgIpc) is 2.88. The van der Waals surface area contributed by atoms with E-state index in [1.807, 2.05) is 14.1 Å². The minimum absolute atomic E-state index is 0.353. The molecule has 1 aliphatic carbocycles. The number of rotatable bonds is 5. The van der Waals surface area contributed by atoms with Crippen LogP contribution in [0.25, 0.3) is 0 Å². The van der Waals surface area contributed by atoms with Crippen LogP contribution in [0.2, 0.25) is 5.15 Å². The van der Waals surface area contributed by atoms with Crippen LogP contribution in [0.15, 0.2) is 0 Å². The number of hydrogen-bond donors (Lipinski definition) is 1. The van der Waals surface area contributed by atoms with Crippen molar-refractivity contribution in [2.45, 2.75) is 57.6 Å². The second-order valence-electron chi connectivity index (χ2n) is 6.54. The highest BCUT2D eigenvalue weighted by atomic mass is 35.5. The van der Waals surface area contributed by atoms with Crippen LogP contribution in [-0.2, 0) is 13.6 Å². The first kappa shape index (κ1) is 15.8. The van der Waals surface area contributed by atoms with Gasteiger partial charge in [0.2, 0.25) is 0 Å². The normalized spacial score (nSPS) is 18.4. The standard InChI is InChI=1S/C15H26ClN3O/c1-11(2)13-12(14(16)19(4)17-13)9-18(3)10-15(20)7-5-6-8-15/h11,20H,5-10H2,1-4H3. The van der Waals surface area contributed by atoms with E-state index in [9.17, 15) is 5.11 Å². The minimum Gasteiger partial charge on any atom is -0.389 e. The summed E-state index contributed by atoms with van der Waals surface area (Å²) < 4.78 is 1.74. The van der Waals surface area contributed by atoms with Crippen molar-refractivity contribution >= 4 is 11.6 Å². The highest BCUT2D eigenvalue weighted by Gasteiger charge is 2.32. The van der Waals surface area contributed by atoms with Crippen LogP contribution in [0.3, 0.4) is 0 Å². The number of aliphatic hydroxyl groups is 1. The molecule has 0 aromatic carbocycles. The lowest BCUT2D eigenvalue weighted by molar-refractivity contribution is 0.0144. The van der Waals surface area contributed by atoms with Crippen LogP contribution >= 0.6 is 11.6 Å². The van der Waals surface area contributed by atoms with E-state index in [0.717, 1.165) is 43.5 Å². The van der Waals surface area contributed by atoms with Crippen molar-refractivity contribution in [2.24, 2.45) is 7.05 Å². The summed E-state index contributed by atoms with van der Waals surface area (Å²) in [4.78, 5) is 2.17. The molecule has 2 rings (SSSR count). The fourth-order valence-corrected chi connectivity index (χ4v) is 3.39. The molecule has 4 nitrogen and oxygen atoms in total. The molecular weight excluding hydrogens is 274 g/mol. The van der Waals surface area contributed by atoms with Gasteiger partial charge in [0.25, 0.3) is 0 Å². The van der Waals surface area contributed by atoms with Crippen LogP contribution in [0, 0.1) is 0 Å². The van der Waals surface area contributed by atoms with Crippen molar-refractivity contribution in [2.75, 3.05) is 13.6 Å². The monoisotopic (exact) mass is 299 g/mol. The average molecular weight is 300 g/mol. The van der Waals surface area contributed by atoms with E-state index in [2.05, 4.69) is 23.8 Å². The molecule has 0 spiro atoms. The van der Waals surface area contributed by atoms with E-state index in [0.29, 0.717) is 17.6 Å². The molecule has 0 unspecified atom stereocenters. The van der Waals surface area contributed by atoms with Gasteiger partial charge in [-0.1, -0.05) is 38.3 Å². The lowest BCUT2D eigenvalue weighted by Crippen LogP contribution is -2.38. The molecule has 0 bridgehead atoms. The highest BCUT2D eigenvalue weighted by Crippen LogP contribution is 2.31. The Morgan fingerprint density at radius 2 is 2.00 bits per heavy atom. The summed E-state index contributed by atoms with van der Waals surface area (Å²) >= 11 is 6.36. The van der Waals surface area contributed by atoms with Gasteiger partial charge >= 0.3 is 0 Å². The maximum absolute atomic E-state index is 10.5. The fraction of sp³-hybridized carbons (Fsp3) is 0.800. The van der Waals surface area contributed by atoms with E-state index in [-0.39, 0.29) is 0 Å². The van der Waals surface area contributed by atoms with Crippen molar-refractivity contribution in [3.8, 4) is 0 Å². The summed E-state index contributed by atoms with van der Waals surface area (Å²) in [5.41, 5.74) is 1.64. The van der Waals surface area contributed by atoms with Gasteiger partial charge in [-0.15, -0.1) is 0 Å². The van der Waals surface area contributed by atoms with Crippen LogP contribution in [0.4, 0.5) is 0 Å². The molecule has 1 aliphatic rings. The van der Waals surface area contributed by atoms with E-state index in [1.165, 1.54) is 0 Å². The molecule has 0 radical (unpaired) electrons. The number of hydrogen-bond acceptors (Lipinski definition) is 3. The molecular formula is C15H26ClN3O. The summed E-state index contributed by atoms with van der Waals surface area (Å²) in [5, 5.41) is 15.7. The van der Waals surface area contributed by atoms with Crippen molar-refractivity contribution in [3.63, 3.8) is 0 Å². The van der Waals surface area contributed by atoms with Gasteiger partial charge in [-0.05, 0) is 25.8 Å². The van der Waals surface area contributed by atoms with Gasteiger partial charge in [0.05, 0.1) is 11.3 Å². The third kappa shape index (κ3) is 3.35. The molecule has 5 heteroatoms. The zero-order chi connectivity index (χ0) is 14.9. The number of halogens is 1. The number of aromatic nitrogens is 2. The van der Waals surface area contributed by atoms with Crippen LogP contribution in [0.1, 0.15) is 56.7 Å². The van der Waals surface area contributed by atoms with E-state index in [1.54, 1.807) is 4.68 Å². The molecule has 114 valence electrons. The van der Waals surface area contributed by atoms with Crippen LogP contribution < -0.4 is 0 Å². The lowest BCUT2D eigenvalue weighted by Gasteiger charge is -2.28. The van der Waals surface area contributed by atoms with Crippen molar-refractivity contribution in [1.82, 2.24) is 14.7 Å². The summed E-state index contributed by atoms with van der Waals surface area (Å²) in [6, 6.07) is 0. The smallest absolute Gasteiger partial charge is 0.131 e. The van der Waals surface area contributed by atoms with Gasteiger partial charge in [0, 0.05) is 25.7 Å². The largest absolute Gasteiger partial charge is 0.389 e. The summed E-state index contributed by atoms with van der Waals surface area (Å²) in [7, 11) is 3.92. The van der Waals surface area contributed by atoms with Crippen LogP contribution in [0.5, 0.6) is 0 Å². The lowest BCUT2D eigenvalue weighted by atomic mass is 10.0. The number of likely N-dealkylation sites (N-methyl/N-ethyl adjacent to an activating group) is 1. The second-order valence-corrected chi connectivity index (χ2v) is 6.89. The highest BCUT2D eigenvalue weighted by molar-refractivity contribution is 6.30. The molecule has 0 aliphatic heterocycles. The SMILES string of the molecule is CC(C)c1nn(C)c(Cl)c1CN(C)CC1(O)CCCC1. The van der Waals surface area contributed by atoms with Gasteiger partial charge in [-0.2, -0.15) is 5.10 Å². The minimum atomic E-state index is -0.512. The molecule has 1 fully saturated rings. The first-order chi connectivity index (χ1) is 9.32. The summed E-state index contributed by atoms with van der Waals surface area (Å²) in [6.07, 6.45) is 4.09. The first-order valence-electron chi connectivity index (χ1n) is 7.44. The third-order valence-electron chi connectivity index (χ3n) is 4.17. The molecule has 0 atom stereocenters. The van der Waals surface area contributed by atoms with Gasteiger partial charge in [-0.25, -0.2) is 0 Å². The molecule has 20 heavy (non-hydrogen) atoms. The van der Waals surface area contributed by atoms with E-state index in [4.69, 9.17) is 11.6 Å². The maximum atomic E-state index is 10.5. The van der Waals surface area contributed by atoms with Crippen molar-refractivity contribution in [1.29, 1.82) is 0 Å². The number of nitrogens with zero attached hydrogens (tertiary/aromatic N) is 3. The Balaban J connectivity index is 2.09. The Morgan fingerprint density at radius 3 is 2.55 bits per heavy atom. The summed E-state index contributed by atoms with van der Waals surface area (Å²) in [5.74, 6) is 0.353. The van der Waals surface area contributed by atoms with Gasteiger partial charge < -0.3 is 5.11 Å². The molecule has 0 saturated heterocycles. The maximum Gasteiger partial charge on any atom is 0.131 e. The predicted molar refractivity (Wildman–Crippen MR) is 82.1 cm³/mol. The van der Waals surface area contributed by atoms with Crippen molar-refractivity contribution < 1.29 is 5.11 Å². The Kier molecular flexibility index (Phi) is 4.77. The van der Waals surface area contributed by atoms with E-state index >= 15 is 0 Å². The second kappa shape index (κ2) is 6.04. The van der Waals surface area contributed by atoms with Gasteiger partial charge in [-0.3, -0.25) is 9.58 Å². The predicted octanol–water partition coefficient (Wildman–Crippen LogP) is 2.93. The zero-order valence-corrected chi connectivity index (χ0v) is 13.7. The van der Waals surface area contributed by atoms with Crippen LogP contribution in [-0.4, -0.2) is 39.0 Å².